The van der Waals surface area contributed by atoms with Crippen LogP contribution in [0, 0.1) is 5.92 Å². The van der Waals surface area contributed by atoms with Gasteiger partial charge in [-0.05, 0) is 33.6 Å². The number of likely N-dealkylation sites (tertiary alicyclic amines) is 1. The Morgan fingerprint density at radius 1 is 1.47 bits per heavy atom. The van der Waals surface area contributed by atoms with Gasteiger partial charge in [-0.15, -0.1) is 0 Å². The zero-order valence-corrected chi connectivity index (χ0v) is 11.4. The number of amides is 1. The summed E-state index contributed by atoms with van der Waals surface area (Å²) in [7, 11) is 0. The maximum atomic E-state index is 11.7. The Balaban J connectivity index is 2.40. The minimum atomic E-state index is -1.22. The summed E-state index contributed by atoms with van der Waals surface area (Å²) in [6.07, 6.45) is 2.40. The lowest BCUT2D eigenvalue weighted by Gasteiger charge is -2.27. The monoisotopic (exact) mass is 260 g/mol. The number of hydrogen-bond donors (Lipinski definition) is 1. The van der Waals surface area contributed by atoms with E-state index in [0.29, 0.717) is 13.1 Å². The van der Waals surface area contributed by atoms with E-state index in [4.69, 9.17) is 5.11 Å². The highest BCUT2D eigenvalue weighted by Crippen LogP contribution is 2.19. The standard InChI is InChI=1S/C11H20N2O3S/c1-11(2,3)17(16)12-8-9-4-6-13(7-5-9)10(14)15/h8-9H,4-7H2,1-3H3,(H,14,15)/b12-8+/t17-/m1/s1. The van der Waals surface area contributed by atoms with Crippen LogP contribution >= 0.6 is 0 Å². The average molecular weight is 260 g/mol. The molecule has 1 amide bonds. The molecule has 1 aliphatic rings. The maximum absolute atomic E-state index is 11.7. The molecule has 17 heavy (non-hydrogen) atoms. The molecule has 1 fully saturated rings. The van der Waals surface area contributed by atoms with Crippen LogP contribution in [0.5, 0.6) is 0 Å². The molecule has 98 valence electrons. The maximum Gasteiger partial charge on any atom is 0.407 e. The molecule has 0 radical (unpaired) electrons. The molecule has 1 N–H and O–H groups in total. The molecule has 1 aliphatic heterocycles. The number of carbonyl (C=O) groups is 1. The predicted octanol–water partition coefficient (Wildman–Crippen LogP) is 1.91. The van der Waals surface area contributed by atoms with E-state index in [1.54, 1.807) is 6.21 Å². The fourth-order valence-electron chi connectivity index (χ4n) is 1.54. The SMILES string of the molecule is CC(C)(C)[S@@+]([O-])/N=C/C1CCN(C(=O)O)CC1. The van der Waals surface area contributed by atoms with Crippen molar-refractivity contribution in [3.63, 3.8) is 0 Å². The van der Waals surface area contributed by atoms with Crippen molar-refractivity contribution in [3.05, 3.63) is 0 Å². The number of nitrogens with zero attached hydrogens (tertiary/aromatic N) is 2. The first-order valence-electron chi connectivity index (χ1n) is 5.75. The van der Waals surface area contributed by atoms with Crippen molar-refractivity contribution in [3.8, 4) is 0 Å². The van der Waals surface area contributed by atoms with E-state index in [1.807, 2.05) is 20.8 Å². The number of carboxylic acid groups (broad SMARTS) is 1. The van der Waals surface area contributed by atoms with Gasteiger partial charge in [0.15, 0.2) is 0 Å². The summed E-state index contributed by atoms with van der Waals surface area (Å²) in [6.45, 7) is 6.72. The quantitative estimate of drug-likeness (QED) is 0.608. The minimum absolute atomic E-state index is 0.247. The lowest BCUT2D eigenvalue weighted by Crippen LogP contribution is -2.38. The summed E-state index contributed by atoms with van der Waals surface area (Å²) in [5.74, 6) is 0.247. The Hall–Kier alpha value is -0.750. The predicted molar refractivity (Wildman–Crippen MR) is 68.7 cm³/mol. The second kappa shape index (κ2) is 5.73. The van der Waals surface area contributed by atoms with E-state index >= 15 is 0 Å². The lowest BCUT2D eigenvalue weighted by molar-refractivity contribution is 0.131. The summed E-state index contributed by atoms with van der Waals surface area (Å²) >= 11 is -1.22. The van der Waals surface area contributed by atoms with Crippen LogP contribution in [-0.2, 0) is 11.4 Å². The molecule has 1 atom stereocenters. The Morgan fingerprint density at radius 2 is 2.00 bits per heavy atom. The highest BCUT2D eigenvalue weighted by atomic mass is 32.2. The lowest BCUT2D eigenvalue weighted by atomic mass is 9.99. The molecule has 1 heterocycles. The summed E-state index contributed by atoms with van der Waals surface area (Å²) in [5.41, 5.74) is 0. The molecule has 0 aliphatic carbocycles. The number of hydrogen-bond acceptors (Lipinski definition) is 3. The van der Waals surface area contributed by atoms with Crippen molar-refractivity contribution < 1.29 is 14.5 Å². The van der Waals surface area contributed by atoms with Crippen LogP contribution in [0.3, 0.4) is 0 Å². The fraction of sp³-hybridized carbons (Fsp3) is 0.818. The van der Waals surface area contributed by atoms with Gasteiger partial charge in [0.05, 0.1) is 6.21 Å². The van der Waals surface area contributed by atoms with Gasteiger partial charge in [-0.2, -0.15) is 0 Å². The Kier molecular flexibility index (Phi) is 4.82. The molecule has 0 saturated carbocycles. The molecule has 0 aromatic rings. The largest absolute Gasteiger partial charge is 0.591 e. The van der Waals surface area contributed by atoms with Gasteiger partial charge in [-0.25, -0.2) is 4.79 Å². The van der Waals surface area contributed by atoms with Crippen molar-refractivity contribution in [2.45, 2.75) is 38.4 Å². The van der Waals surface area contributed by atoms with Crippen LogP contribution in [0.1, 0.15) is 33.6 Å². The topological polar surface area (TPSA) is 76.0 Å². The van der Waals surface area contributed by atoms with Crippen molar-refractivity contribution in [1.82, 2.24) is 4.90 Å². The van der Waals surface area contributed by atoms with E-state index in [0.717, 1.165) is 12.8 Å². The molecule has 6 heteroatoms. The van der Waals surface area contributed by atoms with E-state index in [-0.39, 0.29) is 10.7 Å². The van der Waals surface area contributed by atoms with Gasteiger partial charge >= 0.3 is 6.09 Å². The first kappa shape index (κ1) is 14.3. The summed E-state index contributed by atoms with van der Waals surface area (Å²) in [5, 5.41) is 8.79. The zero-order valence-electron chi connectivity index (χ0n) is 10.5. The van der Waals surface area contributed by atoms with E-state index in [9.17, 15) is 9.35 Å². The van der Waals surface area contributed by atoms with E-state index in [2.05, 4.69) is 4.40 Å². The zero-order chi connectivity index (χ0) is 13.1. The fourth-order valence-corrected chi connectivity index (χ4v) is 2.14. The van der Waals surface area contributed by atoms with Gasteiger partial charge in [0.25, 0.3) is 0 Å². The van der Waals surface area contributed by atoms with Crippen LogP contribution < -0.4 is 0 Å². The third-order valence-corrected chi connectivity index (χ3v) is 4.06. The van der Waals surface area contributed by atoms with Crippen LogP contribution in [0.25, 0.3) is 0 Å². The highest BCUT2D eigenvalue weighted by Gasteiger charge is 2.27. The molecule has 5 nitrogen and oxygen atoms in total. The third-order valence-electron chi connectivity index (χ3n) is 2.70. The second-order valence-electron chi connectivity index (χ2n) is 5.22. The van der Waals surface area contributed by atoms with Crippen molar-refractivity contribution in [2.24, 2.45) is 10.3 Å². The normalized spacial score (nSPS) is 20.8. The molecule has 1 rings (SSSR count). The summed E-state index contributed by atoms with van der Waals surface area (Å²) in [6, 6.07) is 0. The molecule has 0 bridgehead atoms. The Labute approximate surface area is 105 Å². The van der Waals surface area contributed by atoms with Crippen LogP contribution in [-0.4, -0.2) is 44.7 Å². The van der Waals surface area contributed by atoms with Gasteiger partial charge in [-0.1, -0.05) is 4.40 Å². The molecular weight excluding hydrogens is 240 g/mol. The first-order chi connectivity index (χ1) is 7.80. The summed E-state index contributed by atoms with van der Waals surface area (Å²) < 4.78 is 15.4. The molecule has 0 spiro atoms. The molecule has 0 aromatic heterocycles. The van der Waals surface area contributed by atoms with E-state index in [1.165, 1.54) is 4.90 Å². The summed E-state index contributed by atoms with van der Waals surface area (Å²) in [4.78, 5) is 12.1. The van der Waals surface area contributed by atoms with Crippen molar-refractivity contribution in [1.29, 1.82) is 0 Å². The molecule has 1 saturated heterocycles. The minimum Gasteiger partial charge on any atom is -0.591 e. The van der Waals surface area contributed by atoms with Crippen molar-refractivity contribution >= 4 is 23.7 Å². The van der Waals surface area contributed by atoms with Crippen LogP contribution in [0.15, 0.2) is 4.40 Å². The van der Waals surface area contributed by atoms with Crippen LogP contribution in [0.2, 0.25) is 0 Å². The Bertz CT molecular complexity index is 294. The van der Waals surface area contributed by atoms with Gasteiger partial charge in [0.2, 0.25) is 0 Å². The Morgan fingerprint density at radius 3 is 2.41 bits per heavy atom. The first-order valence-corrected chi connectivity index (χ1v) is 6.85. The molecule has 0 aromatic carbocycles. The third kappa shape index (κ3) is 4.55. The van der Waals surface area contributed by atoms with Gasteiger partial charge < -0.3 is 14.6 Å². The molecule has 0 unspecified atom stereocenters. The van der Waals surface area contributed by atoms with Crippen molar-refractivity contribution in [2.75, 3.05) is 13.1 Å². The average Bonchev–Trinajstić information content (AvgIpc) is 2.25. The van der Waals surface area contributed by atoms with Gasteiger partial charge in [0, 0.05) is 19.0 Å². The number of piperidine rings is 1. The van der Waals surface area contributed by atoms with E-state index < -0.39 is 17.5 Å². The smallest absolute Gasteiger partial charge is 0.407 e. The highest BCUT2D eigenvalue weighted by molar-refractivity contribution is 7.91. The second-order valence-corrected chi connectivity index (χ2v) is 7.16. The van der Waals surface area contributed by atoms with Crippen LogP contribution in [0.4, 0.5) is 4.79 Å². The van der Waals surface area contributed by atoms with Gasteiger partial charge in [-0.3, -0.25) is 0 Å². The molecular formula is C11H20N2O3S. The number of rotatable bonds is 2. The van der Waals surface area contributed by atoms with Gasteiger partial charge in [0.1, 0.15) is 16.1 Å².